The van der Waals surface area contributed by atoms with E-state index in [1.807, 2.05) is 38.1 Å². The molecule has 7 heteroatoms. The summed E-state index contributed by atoms with van der Waals surface area (Å²) in [5.74, 6) is -0.0693. The summed E-state index contributed by atoms with van der Waals surface area (Å²) in [7, 11) is 0. The molecule has 0 aliphatic heterocycles. The molecule has 168 valence electrons. The van der Waals surface area contributed by atoms with Crippen LogP contribution in [-0.2, 0) is 16.1 Å². The Morgan fingerprint density at radius 2 is 1.81 bits per heavy atom. The minimum absolute atomic E-state index is 0.152. The van der Waals surface area contributed by atoms with Crippen molar-refractivity contribution in [1.82, 2.24) is 10.2 Å². The quantitative estimate of drug-likeness (QED) is 0.452. The van der Waals surface area contributed by atoms with Crippen LogP contribution in [0.5, 0.6) is 5.75 Å². The highest BCUT2D eigenvalue weighted by atomic mass is 35.5. The largest absolute Gasteiger partial charge is 0.482 e. The van der Waals surface area contributed by atoms with E-state index in [1.54, 1.807) is 23.1 Å². The van der Waals surface area contributed by atoms with Gasteiger partial charge in [-0.15, -0.1) is 0 Å². The van der Waals surface area contributed by atoms with Gasteiger partial charge in [0.2, 0.25) is 5.91 Å². The number of amides is 2. The van der Waals surface area contributed by atoms with Gasteiger partial charge in [0.15, 0.2) is 6.61 Å². The zero-order chi connectivity index (χ0) is 22.8. The van der Waals surface area contributed by atoms with E-state index < -0.39 is 6.04 Å². The summed E-state index contributed by atoms with van der Waals surface area (Å²) in [6.07, 6.45) is 2.38. The van der Waals surface area contributed by atoms with Gasteiger partial charge in [-0.25, -0.2) is 0 Å². The van der Waals surface area contributed by atoms with E-state index in [9.17, 15) is 9.59 Å². The van der Waals surface area contributed by atoms with Crippen LogP contribution in [0.4, 0.5) is 0 Å². The van der Waals surface area contributed by atoms with Crippen molar-refractivity contribution in [3.8, 4) is 5.75 Å². The predicted molar refractivity (Wildman–Crippen MR) is 126 cm³/mol. The summed E-state index contributed by atoms with van der Waals surface area (Å²) in [5, 5.41) is 3.76. The van der Waals surface area contributed by atoms with Crippen LogP contribution in [0.3, 0.4) is 0 Å². The number of ether oxygens (including phenoxy) is 1. The number of hydrogen-bond donors (Lipinski definition) is 1. The number of unbranched alkanes of at least 4 members (excludes halogenated alkanes) is 1. The van der Waals surface area contributed by atoms with Crippen molar-refractivity contribution in [2.75, 3.05) is 13.2 Å². The van der Waals surface area contributed by atoms with Crippen LogP contribution < -0.4 is 10.1 Å². The number of halogens is 2. The Labute approximate surface area is 194 Å². The van der Waals surface area contributed by atoms with Gasteiger partial charge in [0.1, 0.15) is 11.8 Å². The summed E-state index contributed by atoms with van der Waals surface area (Å²) in [6.45, 7) is 6.65. The van der Waals surface area contributed by atoms with Crippen molar-refractivity contribution in [3.05, 3.63) is 63.6 Å². The van der Waals surface area contributed by atoms with Gasteiger partial charge in [-0.2, -0.15) is 0 Å². The molecule has 0 fully saturated rings. The second-order valence-electron chi connectivity index (χ2n) is 7.44. The molecule has 0 heterocycles. The summed E-state index contributed by atoms with van der Waals surface area (Å²) in [6, 6.07) is 12.2. The summed E-state index contributed by atoms with van der Waals surface area (Å²) in [4.78, 5) is 27.6. The fourth-order valence-corrected chi connectivity index (χ4v) is 3.59. The van der Waals surface area contributed by atoms with E-state index in [0.717, 1.165) is 24.0 Å². The van der Waals surface area contributed by atoms with E-state index in [-0.39, 0.29) is 18.4 Å². The number of hydrogen-bond acceptors (Lipinski definition) is 3. The van der Waals surface area contributed by atoms with Gasteiger partial charge in [0.05, 0.1) is 5.02 Å². The predicted octanol–water partition coefficient (Wildman–Crippen LogP) is 5.40. The third-order valence-electron chi connectivity index (χ3n) is 4.93. The average molecular weight is 465 g/mol. The number of carbonyl (C=O) groups excluding carboxylic acids is 2. The van der Waals surface area contributed by atoms with Gasteiger partial charge in [-0.3, -0.25) is 9.59 Å². The lowest BCUT2D eigenvalue weighted by Gasteiger charge is -2.30. The molecule has 1 unspecified atom stereocenters. The molecule has 0 aromatic heterocycles. The standard InChI is InChI=1S/C24H30Cl2N2O3/c1-4-6-13-27-24(30)21(5-2)28(15-18-9-7-17(3)8-10-18)23(29)16-31-22-12-11-19(25)14-20(22)26/h7-12,14,21H,4-6,13,15-16H2,1-3H3,(H,27,30). The number of nitrogens with zero attached hydrogens (tertiary/aromatic N) is 1. The summed E-state index contributed by atoms with van der Waals surface area (Å²) >= 11 is 12.1. The third kappa shape index (κ3) is 7.75. The molecule has 1 N–H and O–H groups in total. The zero-order valence-electron chi connectivity index (χ0n) is 18.3. The number of benzene rings is 2. The van der Waals surface area contributed by atoms with Crippen LogP contribution >= 0.6 is 23.2 Å². The van der Waals surface area contributed by atoms with Crippen molar-refractivity contribution in [1.29, 1.82) is 0 Å². The Bertz CT molecular complexity index is 872. The SMILES string of the molecule is CCCCNC(=O)C(CC)N(Cc1ccc(C)cc1)C(=O)COc1ccc(Cl)cc1Cl. The first kappa shape index (κ1) is 25.0. The lowest BCUT2D eigenvalue weighted by molar-refractivity contribution is -0.143. The molecule has 0 aliphatic rings. The normalized spacial score (nSPS) is 11.6. The van der Waals surface area contributed by atoms with Crippen LogP contribution in [0, 0.1) is 6.92 Å². The van der Waals surface area contributed by atoms with Gasteiger partial charge < -0.3 is 15.0 Å². The Morgan fingerprint density at radius 3 is 2.42 bits per heavy atom. The van der Waals surface area contributed by atoms with Crippen molar-refractivity contribution in [3.63, 3.8) is 0 Å². The molecule has 0 radical (unpaired) electrons. The second kappa shape index (κ2) is 12.6. The highest BCUT2D eigenvalue weighted by molar-refractivity contribution is 6.35. The topological polar surface area (TPSA) is 58.6 Å². The third-order valence-corrected chi connectivity index (χ3v) is 5.46. The zero-order valence-corrected chi connectivity index (χ0v) is 19.8. The monoisotopic (exact) mass is 464 g/mol. The Kier molecular flexibility index (Phi) is 10.2. The maximum absolute atomic E-state index is 13.2. The Morgan fingerprint density at radius 1 is 1.10 bits per heavy atom. The molecule has 0 bridgehead atoms. The Hall–Kier alpha value is -2.24. The minimum atomic E-state index is -0.588. The summed E-state index contributed by atoms with van der Waals surface area (Å²) in [5.41, 5.74) is 2.08. The molecule has 2 rings (SSSR count). The highest BCUT2D eigenvalue weighted by Gasteiger charge is 2.28. The molecule has 5 nitrogen and oxygen atoms in total. The molecule has 0 spiro atoms. The number of nitrogens with one attached hydrogen (secondary N) is 1. The van der Waals surface area contributed by atoms with E-state index in [4.69, 9.17) is 27.9 Å². The molecular formula is C24H30Cl2N2O3. The smallest absolute Gasteiger partial charge is 0.261 e. The first-order valence-electron chi connectivity index (χ1n) is 10.6. The van der Waals surface area contributed by atoms with Gasteiger partial charge >= 0.3 is 0 Å². The molecule has 0 saturated heterocycles. The maximum Gasteiger partial charge on any atom is 0.261 e. The van der Waals surface area contributed by atoms with Crippen molar-refractivity contribution in [2.45, 2.75) is 52.6 Å². The van der Waals surface area contributed by atoms with E-state index >= 15 is 0 Å². The summed E-state index contributed by atoms with van der Waals surface area (Å²) < 4.78 is 5.65. The molecule has 0 saturated carbocycles. The number of carbonyl (C=O) groups is 2. The molecule has 2 amide bonds. The maximum atomic E-state index is 13.2. The highest BCUT2D eigenvalue weighted by Crippen LogP contribution is 2.27. The Balaban J connectivity index is 2.18. The minimum Gasteiger partial charge on any atom is -0.482 e. The fraction of sp³-hybridized carbons (Fsp3) is 0.417. The van der Waals surface area contributed by atoms with Crippen LogP contribution in [0.15, 0.2) is 42.5 Å². The van der Waals surface area contributed by atoms with Crippen LogP contribution in [-0.4, -0.2) is 35.9 Å². The van der Waals surface area contributed by atoms with Gasteiger partial charge in [0.25, 0.3) is 5.91 Å². The fourth-order valence-electron chi connectivity index (χ4n) is 3.13. The van der Waals surface area contributed by atoms with Gasteiger partial charge in [-0.1, -0.05) is 73.3 Å². The number of rotatable bonds is 11. The lowest BCUT2D eigenvalue weighted by atomic mass is 10.1. The first-order chi connectivity index (χ1) is 14.8. The van der Waals surface area contributed by atoms with Crippen LogP contribution in [0.1, 0.15) is 44.2 Å². The molecule has 31 heavy (non-hydrogen) atoms. The van der Waals surface area contributed by atoms with Crippen molar-refractivity contribution >= 4 is 35.0 Å². The van der Waals surface area contributed by atoms with Crippen LogP contribution in [0.2, 0.25) is 10.0 Å². The molecule has 2 aromatic carbocycles. The lowest BCUT2D eigenvalue weighted by Crippen LogP contribution is -2.50. The van der Waals surface area contributed by atoms with E-state index in [0.29, 0.717) is 35.3 Å². The van der Waals surface area contributed by atoms with Crippen molar-refractivity contribution < 1.29 is 14.3 Å². The van der Waals surface area contributed by atoms with Gasteiger partial charge in [0, 0.05) is 18.1 Å². The molecule has 2 aromatic rings. The van der Waals surface area contributed by atoms with E-state index in [1.165, 1.54) is 0 Å². The molecule has 0 aliphatic carbocycles. The van der Waals surface area contributed by atoms with Crippen LogP contribution in [0.25, 0.3) is 0 Å². The van der Waals surface area contributed by atoms with Crippen molar-refractivity contribution in [2.24, 2.45) is 0 Å². The van der Waals surface area contributed by atoms with Gasteiger partial charge in [-0.05, 0) is 43.5 Å². The molecular weight excluding hydrogens is 435 g/mol. The second-order valence-corrected chi connectivity index (χ2v) is 8.28. The van der Waals surface area contributed by atoms with E-state index in [2.05, 4.69) is 12.2 Å². The molecule has 1 atom stereocenters. The number of aryl methyl sites for hydroxylation is 1. The first-order valence-corrected chi connectivity index (χ1v) is 11.3. The average Bonchev–Trinajstić information content (AvgIpc) is 2.74.